The molecule has 1 fully saturated rings. The summed E-state index contributed by atoms with van der Waals surface area (Å²) in [6.07, 6.45) is 3.73. The normalized spacial score (nSPS) is 16.2. The molecule has 166 valence electrons. The molecule has 0 saturated carbocycles. The lowest BCUT2D eigenvalue weighted by Crippen LogP contribution is -2.34. The fourth-order valence-electron chi connectivity index (χ4n) is 4.47. The maximum Gasteiger partial charge on any atom is 0.276 e. The van der Waals surface area contributed by atoms with Gasteiger partial charge < -0.3 is 10.2 Å². The second kappa shape index (κ2) is 9.46. The van der Waals surface area contributed by atoms with Crippen LogP contribution in [0.2, 0.25) is 0 Å². The third-order valence-electron chi connectivity index (χ3n) is 6.25. The molecule has 0 unspecified atom stereocenters. The Hall–Kier alpha value is -2.64. The van der Waals surface area contributed by atoms with Crippen molar-refractivity contribution in [3.8, 4) is 5.69 Å². The van der Waals surface area contributed by atoms with Crippen molar-refractivity contribution in [3.05, 3.63) is 76.9 Å². The van der Waals surface area contributed by atoms with Gasteiger partial charge in [0.05, 0.1) is 5.69 Å². The number of fused-ring (bicyclic) bond motifs is 1. The topological polar surface area (TPSA) is 50.2 Å². The Kier molecular flexibility index (Phi) is 6.28. The van der Waals surface area contributed by atoms with E-state index < -0.39 is 0 Å². The second-order valence-electron chi connectivity index (χ2n) is 8.37. The number of nitrogens with one attached hydrogen (secondary N) is 1. The summed E-state index contributed by atoms with van der Waals surface area (Å²) in [5.74, 6) is 1.98. The first kappa shape index (κ1) is 21.2. The molecule has 2 aromatic carbocycles. The Balaban J connectivity index is 1.27. The predicted octanol–water partition coefficient (Wildman–Crippen LogP) is 4.34. The highest BCUT2D eigenvalue weighted by Crippen LogP contribution is 2.28. The average Bonchev–Trinajstić information content (AvgIpc) is 3.43. The molecule has 0 radical (unpaired) electrons. The number of benzene rings is 2. The van der Waals surface area contributed by atoms with Gasteiger partial charge in [0.25, 0.3) is 5.91 Å². The van der Waals surface area contributed by atoms with Crippen LogP contribution in [0.1, 0.15) is 33.7 Å². The van der Waals surface area contributed by atoms with Gasteiger partial charge in [0.1, 0.15) is 5.82 Å². The van der Waals surface area contributed by atoms with E-state index in [0.717, 1.165) is 54.9 Å². The minimum Gasteiger partial charge on any atom is -0.321 e. The molecule has 5 nitrogen and oxygen atoms in total. The summed E-state index contributed by atoms with van der Waals surface area (Å²) in [5.41, 5.74) is 5.35. The van der Waals surface area contributed by atoms with Gasteiger partial charge in [0, 0.05) is 48.1 Å². The average molecular weight is 451 g/mol. The van der Waals surface area contributed by atoms with Crippen LogP contribution in [0.5, 0.6) is 0 Å². The largest absolute Gasteiger partial charge is 0.321 e. The van der Waals surface area contributed by atoms with E-state index in [1.807, 2.05) is 23.9 Å². The molecule has 7 heteroatoms. The predicted molar refractivity (Wildman–Crippen MR) is 127 cm³/mol. The molecule has 1 aliphatic heterocycles. The molecular weight excluding hydrogens is 423 g/mol. The van der Waals surface area contributed by atoms with Crippen molar-refractivity contribution >= 4 is 23.4 Å². The molecule has 0 spiro atoms. The summed E-state index contributed by atoms with van der Waals surface area (Å²) in [6, 6.07) is 14.4. The fraction of sp³-hybridized carbons (Fsp3) is 0.360. The lowest BCUT2D eigenvalue weighted by atomic mass is 10.1. The minimum absolute atomic E-state index is 0.192. The van der Waals surface area contributed by atoms with Crippen LogP contribution in [0, 0.1) is 5.82 Å². The van der Waals surface area contributed by atoms with Crippen LogP contribution >= 0.6 is 11.8 Å². The number of nitrogens with zero attached hydrogens (tertiary/aromatic N) is 3. The molecule has 3 aromatic rings. The second-order valence-corrected chi connectivity index (χ2v) is 9.60. The monoisotopic (exact) mass is 450 g/mol. The zero-order chi connectivity index (χ0) is 21.9. The lowest BCUT2D eigenvalue weighted by molar-refractivity contribution is 0.102. The Labute approximate surface area is 192 Å². The summed E-state index contributed by atoms with van der Waals surface area (Å²) in [6.45, 7) is 3.43. The smallest absolute Gasteiger partial charge is 0.276 e. The van der Waals surface area contributed by atoms with E-state index >= 15 is 0 Å². The first-order valence-corrected chi connectivity index (χ1v) is 12.4. The maximum atomic E-state index is 13.3. The summed E-state index contributed by atoms with van der Waals surface area (Å²) in [5, 5.41) is 7.61. The van der Waals surface area contributed by atoms with Crippen molar-refractivity contribution in [1.82, 2.24) is 14.7 Å². The van der Waals surface area contributed by atoms with Gasteiger partial charge in [0.15, 0.2) is 5.69 Å². The Bertz CT molecular complexity index is 1090. The number of aromatic nitrogens is 2. The van der Waals surface area contributed by atoms with Crippen LogP contribution in [0.4, 0.5) is 10.1 Å². The number of hydrogen-bond acceptors (Lipinski definition) is 4. The summed E-state index contributed by atoms with van der Waals surface area (Å²) >= 11 is 2.03. The first-order valence-electron chi connectivity index (χ1n) is 11.2. The fourth-order valence-corrected chi connectivity index (χ4v) is 5.45. The third-order valence-corrected chi connectivity index (χ3v) is 7.19. The molecule has 1 amide bonds. The van der Waals surface area contributed by atoms with E-state index in [4.69, 9.17) is 0 Å². The Morgan fingerprint density at radius 2 is 1.78 bits per heavy atom. The summed E-state index contributed by atoms with van der Waals surface area (Å²) in [4.78, 5) is 15.6. The molecule has 1 saturated heterocycles. The zero-order valence-electron chi connectivity index (χ0n) is 18.0. The van der Waals surface area contributed by atoms with E-state index in [2.05, 4.69) is 27.4 Å². The van der Waals surface area contributed by atoms with Crippen LogP contribution in [0.25, 0.3) is 5.69 Å². The van der Waals surface area contributed by atoms with Crippen molar-refractivity contribution in [2.75, 3.05) is 36.5 Å². The highest BCUT2D eigenvalue weighted by Gasteiger charge is 2.27. The van der Waals surface area contributed by atoms with Gasteiger partial charge in [-0.05, 0) is 67.6 Å². The SMILES string of the molecule is O=C(Nc1ccc(CCN2CCSCC2)cc1)c1nn(-c2ccc(F)cc2)c2c1CCC2. The number of halogens is 1. The van der Waals surface area contributed by atoms with Crippen LogP contribution in [-0.4, -0.2) is 51.7 Å². The number of carbonyl (C=O) groups is 1. The molecular formula is C25H27FN4OS. The maximum absolute atomic E-state index is 13.3. The molecule has 2 aliphatic rings. The third kappa shape index (κ3) is 4.59. The quantitative estimate of drug-likeness (QED) is 0.607. The molecule has 5 rings (SSSR count). The van der Waals surface area contributed by atoms with Crippen LogP contribution in [-0.2, 0) is 19.3 Å². The molecule has 0 atom stereocenters. The lowest BCUT2D eigenvalue weighted by Gasteiger charge is -2.26. The van der Waals surface area contributed by atoms with E-state index in [-0.39, 0.29) is 11.7 Å². The summed E-state index contributed by atoms with van der Waals surface area (Å²) < 4.78 is 15.1. The van der Waals surface area contributed by atoms with Crippen LogP contribution in [0.15, 0.2) is 48.5 Å². The number of thioether (sulfide) groups is 1. The number of rotatable bonds is 6. The van der Waals surface area contributed by atoms with Gasteiger partial charge in [-0.3, -0.25) is 4.79 Å². The highest BCUT2D eigenvalue weighted by atomic mass is 32.2. The van der Waals surface area contributed by atoms with Gasteiger partial charge in [0.2, 0.25) is 0 Å². The molecule has 32 heavy (non-hydrogen) atoms. The van der Waals surface area contributed by atoms with Crippen molar-refractivity contribution in [2.45, 2.75) is 25.7 Å². The van der Waals surface area contributed by atoms with Crippen LogP contribution in [0.3, 0.4) is 0 Å². The van der Waals surface area contributed by atoms with Gasteiger partial charge in [-0.2, -0.15) is 16.9 Å². The van der Waals surface area contributed by atoms with Crippen LogP contribution < -0.4 is 5.32 Å². The van der Waals surface area contributed by atoms with Gasteiger partial charge in [-0.1, -0.05) is 12.1 Å². The molecule has 1 aliphatic carbocycles. The number of hydrogen-bond donors (Lipinski definition) is 1. The minimum atomic E-state index is -0.283. The van der Waals surface area contributed by atoms with E-state index in [1.165, 1.54) is 42.3 Å². The van der Waals surface area contributed by atoms with E-state index in [1.54, 1.807) is 16.8 Å². The molecule has 0 bridgehead atoms. The number of amides is 1. The summed E-state index contributed by atoms with van der Waals surface area (Å²) in [7, 11) is 0. The Morgan fingerprint density at radius 3 is 2.53 bits per heavy atom. The first-order chi connectivity index (χ1) is 15.7. The van der Waals surface area contributed by atoms with E-state index in [9.17, 15) is 9.18 Å². The van der Waals surface area contributed by atoms with Crippen molar-refractivity contribution in [2.24, 2.45) is 0 Å². The van der Waals surface area contributed by atoms with E-state index in [0.29, 0.717) is 5.69 Å². The van der Waals surface area contributed by atoms with Crippen molar-refractivity contribution in [1.29, 1.82) is 0 Å². The Morgan fingerprint density at radius 1 is 1.03 bits per heavy atom. The highest BCUT2D eigenvalue weighted by molar-refractivity contribution is 7.99. The van der Waals surface area contributed by atoms with Crippen molar-refractivity contribution < 1.29 is 9.18 Å². The van der Waals surface area contributed by atoms with Crippen molar-refractivity contribution in [3.63, 3.8) is 0 Å². The zero-order valence-corrected chi connectivity index (χ0v) is 18.8. The number of carbonyl (C=O) groups excluding carboxylic acids is 1. The standard InChI is InChI=1S/C25H27FN4OS/c26-19-6-10-21(11-7-19)30-23-3-1-2-22(23)24(28-30)25(31)27-20-8-4-18(5-9-20)12-13-29-14-16-32-17-15-29/h4-11H,1-3,12-17H2,(H,27,31). The molecule has 1 N–H and O–H groups in total. The molecule has 2 heterocycles. The number of anilines is 1. The van der Waals surface area contributed by atoms with Gasteiger partial charge in [-0.15, -0.1) is 0 Å². The molecule has 1 aromatic heterocycles. The van der Waals surface area contributed by atoms with Gasteiger partial charge >= 0.3 is 0 Å². The van der Waals surface area contributed by atoms with Gasteiger partial charge in [-0.25, -0.2) is 9.07 Å².